The van der Waals surface area contributed by atoms with Gasteiger partial charge in [0.05, 0.1) is 14.2 Å². The Balaban J connectivity index is 2.02. The largest absolute Gasteiger partial charge is 0.497 e. The summed E-state index contributed by atoms with van der Waals surface area (Å²) in [5, 5.41) is 11.0. The van der Waals surface area contributed by atoms with Gasteiger partial charge >= 0.3 is 0 Å². The Morgan fingerprint density at radius 3 is 2.35 bits per heavy atom. The molecule has 0 saturated heterocycles. The van der Waals surface area contributed by atoms with Crippen molar-refractivity contribution in [3.8, 4) is 17.2 Å². The van der Waals surface area contributed by atoms with E-state index in [1.807, 2.05) is 48.7 Å². The maximum absolute atomic E-state index is 11.0. The van der Waals surface area contributed by atoms with Crippen LogP contribution in [0.4, 0.5) is 0 Å². The Morgan fingerprint density at radius 2 is 1.74 bits per heavy atom. The molecule has 0 aromatic heterocycles. The van der Waals surface area contributed by atoms with E-state index in [2.05, 4.69) is 0 Å². The van der Waals surface area contributed by atoms with Gasteiger partial charge in [0.25, 0.3) is 0 Å². The maximum Gasteiger partial charge on any atom is 0.128 e. The second kappa shape index (κ2) is 6.34. The first-order valence-corrected chi connectivity index (χ1v) is 8.55. The van der Waals surface area contributed by atoms with Gasteiger partial charge in [0, 0.05) is 11.6 Å². The highest BCUT2D eigenvalue weighted by Gasteiger charge is 2.45. The zero-order chi connectivity index (χ0) is 16.4. The van der Waals surface area contributed by atoms with Crippen molar-refractivity contribution < 1.29 is 19.3 Å². The van der Waals surface area contributed by atoms with Crippen LogP contribution in [-0.4, -0.2) is 32.2 Å². The zero-order valence-corrected chi connectivity index (χ0v) is 14.2. The number of hydrogen-bond acceptors (Lipinski definition) is 5. The summed E-state index contributed by atoms with van der Waals surface area (Å²) in [6.45, 7) is 0.391. The van der Waals surface area contributed by atoms with Crippen molar-refractivity contribution >= 4 is 11.8 Å². The fourth-order valence-electron chi connectivity index (χ4n) is 2.91. The first kappa shape index (κ1) is 16.0. The van der Waals surface area contributed by atoms with Crippen LogP contribution >= 0.6 is 11.8 Å². The summed E-state index contributed by atoms with van der Waals surface area (Å²) in [5.74, 6) is 2.19. The summed E-state index contributed by atoms with van der Waals surface area (Å²) in [6, 6.07) is 13.3. The number of ether oxygens (including phenoxy) is 3. The van der Waals surface area contributed by atoms with E-state index in [1.54, 1.807) is 26.0 Å². The number of hydrogen-bond donors (Lipinski definition) is 1. The van der Waals surface area contributed by atoms with Gasteiger partial charge < -0.3 is 19.3 Å². The Labute approximate surface area is 140 Å². The third-order valence-electron chi connectivity index (χ3n) is 4.34. The van der Waals surface area contributed by atoms with E-state index in [4.69, 9.17) is 14.2 Å². The molecule has 4 nitrogen and oxygen atoms in total. The number of aliphatic hydroxyl groups excluding tert-OH is 1. The second-order valence-corrected chi connectivity index (χ2v) is 6.55. The third kappa shape index (κ3) is 2.64. The van der Waals surface area contributed by atoms with Gasteiger partial charge in [0.2, 0.25) is 0 Å². The Bertz CT molecular complexity index is 686. The summed E-state index contributed by atoms with van der Waals surface area (Å²) < 4.78 is 15.9. The molecule has 2 aromatic rings. The van der Waals surface area contributed by atoms with Crippen molar-refractivity contribution in [2.45, 2.75) is 10.9 Å². The fourth-order valence-corrected chi connectivity index (χ4v) is 3.81. The predicted octanol–water partition coefficient (Wildman–Crippen LogP) is 3.39. The van der Waals surface area contributed by atoms with Crippen LogP contribution in [0.2, 0.25) is 0 Å². The zero-order valence-electron chi connectivity index (χ0n) is 13.4. The minimum Gasteiger partial charge on any atom is -0.497 e. The predicted molar refractivity (Wildman–Crippen MR) is 91.6 cm³/mol. The molecule has 2 aromatic carbocycles. The van der Waals surface area contributed by atoms with Crippen molar-refractivity contribution in [2.24, 2.45) is 0 Å². The minimum absolute atomic E-state index is 0.391. The van der Waals surface area contributed by atoms with Gasteiger partial charge in [-0.3, -0.25) is 0 Å². The first-order chi connectivity index (χ1) is 11.1. The van der Waals surface area contributed by atoms with Crippen molar-refractivity contribution in [1.29, 1.82) is 0 Å². The van der Waals surface area contributed by atoms with Crippen LogP contribution in [0.15, 0.2) is 42.5 Å². The molecule has 2 atom stereocenters. The van der Waals surface area contributed by atoms with Gasteiger partial charge in [-0.2, -0.15) is 0 Å². The normalized spacial score (nSPS) is 22.9. The lowest BCUT2D eigenvalue weighted by molar-refractivity contribution is 0.0710. The van der Waals surface area contributed by atoms with E-state index in [0.717, 1.165) is 22.6 Å². The monoisotopic (exact) mass is 332 g/mol. The van der Waals surface area contributed by atoms with Crippen LogP contribution in [0.25, 0.3) is 0 Å². The van der Waals surface area contributed by atoms with E-state index in [0.29, 0.717) is 12.4 Å². The highest BCUT2D eigenvalue weighted by atomic mass is 32.2. The number of thioether (sulfide) groups is 1. The Morgan fingerprint density at radius 1 is 1.09 bits per heavy atom. The van der Waals surface area contributed by atoms with Gasteiger partial charge in [-0.15, -0.1) is 11.8 Å². The molecular weight excluding hydrogens is 312 g/mol. The van der Waals surface area contributed by atoms with Crippen LogP contribution in [0.3, 0.4) is 0 Å². The number of benzene rings is 2. The van der Waals surface area contributed by atoms with E-state index in [1.165, 1.54) is 0 Å². The first-order valence-electron chi connectivity index (χ1n) is 7.33. The molecular formula is C18H20O4S. The lowest BCUT2D eigenvalue weighted by Gasteiger charge is -2.41. The van der Waals surface area contributed by atoms with Gasteiger partial charge in [-0.1, -0.05) is 12.1 Å². The SMILES string of the molecule is COc1ccc(C2(SC)COc3cc(OC)ccc3C2O)cc1. The lowest BCUT2D eigenvalue weighted by Crippen LogP contribution is -2.40. The highest BCUT2D eigenvalue weighted by Crippen LogP contribution is 2.51. The molecule has 1 N–H and O–H groups in total. The molecule has 1 aliphatic heterocycles. The lowest BCUT2D eigenvalue weighted by atomic mass is 9.86. The quantitative estimate of drug-likeness (QED) is 0.930. The van der Waals surface area contributed by atoms with E-state index in [9.17, 15) is 5.11 Å². The maximum atomic E-state index is 11.0. The van der Waals surface area contributed by atoms with Crippen molar-refractivity contribution in [2.75, 3.05) is 27.1 Å². The molecule has 0 fully saturated rings. The standard InChI is InChI=1S/C18H20O4S/c1-20-13-6-4-12(5-7-13)18(23-3)11-22-16-10-14(21-2)8-9-15(16)17(18)19/h4-10,17,19H,11H2,1-3H3. The third-order valence-corrected chi connectivity index (χ3v) is 5.65. The molecule has 3 rings (SSSR count). The molecule has 0 aliphatic carbocycles. The van der Waals surface area contributed by atoms with Crippen molar-refractivity contribution in [3.63, 3.8) is 0 Å². The molecule has 2 unspecified atom stereocenters. The number of methoxy groups -OCH3 is 2. The Hall–Kier alpha value is -1.85. The van der Waals surface area contributed by atoms with Crippen LogP contribution in [-0.2, 0) is 4.75 Å². The average molecular weight is 332 g/mol. The van der Waals surface area contributed by atoms with Crippen molar-refractivity contribution in [3.05, 3.63) is 53.6 Å². The smallest absolute Gasteiger partial charge is 0.128 e. The van der Waals surface area contributed by atoms with Crippen LogP contribution in [0.5, 0.6) is 17.2 Å². The minimum atomic E-state index is -0.666. The van der Waals surface area contributed by atoms with E-state index < -0.39 is 10.9 Å². The molecule has 0 saturated carbocycles. The summed E-state index contributed by atoms with van der Waals surface area (Å²) >= 11 is 1.59. The molecule has 1 aliphatic rings. The topological polar surface area (TPSA) is 47.9 Å². The average Bonchev–Trinajstić information content (AvgIpc) is 2.62. The van der Waals surface area contributed by atoms with Crippen LogP contribution in [0, 0.1) is 0 Å². The van der Waals surface area contributed by atoms with Gasteiger partial charge in [0.15, 0.2) is 0 Å². The number of aliphatic hydroxyl groups is 1. The second-order valence-electron chi connectivity index (χ2n) is 5.42. The van der Waals surface area contributed by atoms with Crippen LogP contribution < -0.4 is 14.2 Å². The highest BCUT2D eigenvalue weighted by molar-refractivity contribution is 7.99. The molecule has 1 heterocycles. The molecule has 122 valence electrons. The number of rotatable bonds is 4. The van der Waals surface area contributed by atoms with E-state index in [-0.39, 0.29) is 0 Å². The van der Waals surface area contributed by atoms with Gasteiger partial charge in [0.1, 0.15) is 34.7 Å². The summed E-state index contributed by atoms with van der Waals surface area (Å²) in [5.41, 5.74) is 1.79. The van der Waals surface area contributed by atoms with E-state index >= 15 is 0 Å². The van der Waals surface area contributed by atoms with Crippen LogP contribution in [0.1, 0.15) is 17.2 Å². The molecule has 5 heteroatoms. The van der Waals surface area contributed by atoms with Gasteiger partial charge in [-0.05, 0) is 36.1 Å². The Kier molecular flexibility index (Phi) is 4.41. The van der Waals surface area contributed by atoms with Crippen molar-refractivity contribution in [1.82, 2.24) is 0 Å². The molecule has 23 heavy (non-hydrogen) atoms. The summed E-state index contributed by atoms with van der Waals surface area (Å²) in [7, 11) is 3.26. The molecule has 0 amide bonds. The number of fused-ring (bicyclic) bond motifs is 1. The molecule has 0 radical (unpaired) electrons. The summed E-state index contributed by atoms with van der Waals surface area (Å²) in [6.07, 6.45) is 1.33. The molecule has 0 bridgehead atoms. The summed E-state index contributed by atoms with van der Waals surface area (Å²) in [4.78, 5) is 0. The fraction of sp³-hybridized carbons (Fsp3) is 0.333. The van der Waals surface area contributed by atoms with Gasteiger partial charge in [-0.25, -0.2) is 0 Å². The molecule has 0 spiro atoms.